The summed E-state index contributed by atoms with van der Waals surface area (Å²) >= 11 is 12.9. The van der Waals surface area contributed by atoms with E-state index in [1.165, 1.54) is 16.9 Å². The molecule has 37 heavy (non-hydrogen) atoms. The van der Waals surface area contributed by atoms with Crippen molar-refractivity contribution in [3.8, 4) is 5.00 Å². The normalized spacial score (nSPS) is 16.7. The van der Waals surface area contributed by atoms with Gasteiger partial charge in [-0.2, -0.15) is 0 Å². The molecule has 2 amide bonds. The highest BCUT2D eigenvalue weighted by Gasteiger charge is 2.35. The molecule has 1 aliphatic carbocycles. The van der Waals surface area contributed by atoms with E-state index in [1.807, 2.05) is 24.5 Å². The highest BCUT2D eigenvalue weighted by atomic mass is 35.5. The fraction of sp³-hybridized carbons (Fsp3) is 0.259. The first kappa shape index (κ1) is 25.4. The number of esters is 1. The van der Waals surface area contributed by atoms with Crippen LogP contribution in [0.5, 0.6) is 0 Å². The highest BCUT2D eigenvalue weighted by molar-refractivity contribution is 7.80. The standard InChI is InChI=1S/C27H24ClN3O4S2/c1-14-12-16(13-20-23(32)29-27(36)31(24(20)33)18-10-8-17(28)9-11-18)15(2)30(14)25-22(26(34)35-3)19-6-4-5-7-21(19)37-25/h8-13H,4-7H2,1-3H3,(H,29,32,36)/b20-13+. The zero-order valence-corrected chi connectivity index (χ0v) is 22.9. The molecular weight excluding hydrogens is 530 g/mol. The number of ether oxygens (including phenoxy) is 1. The average molecular weight is 554 g/mol. The predicted octanol–water partition coefficient (Wildman–Crippen LogP) is 5.31. The van der Waals surface area contributed by atoms with Gasteiger partial charge in [-0.1, -0.05) is 11.6 Å². The molecule has 3 heterocycles. The molecule has 0 spiro atoms. The van der Waals surface area contributed by atoms with Gasteiger partial charge in [0.15, 0.2) is 5.11 Å². The molecule has 0 unspecified atom stereocenters. The minimum absolute atomic E-state index is 0.00633. The van der Waals surface area contributed by atoms with Gasteiger partial charge in [0.05, 0.1) is 18.4 Å². The van der Waals surface area contributed by atoms with E-state index in [4.69, 9.17) is 28.6 Å². The smallest absolute Gasteiger partial charge is 0.341 e. The molecule has 1 saturated heterocycles. The number of carbonyl (C=O) groups is 3. The Morgan fingerprint density at radius 1 is 1.16 bits per heavy atom. The van der Waals surface area contributed by atoms with E-state index in [0.717, 1.165) is 47.6 Å². The van der Waals surface area contributed by atoms with Gasteiger partial charge in [0.2, 0.25) is 0 Å². The number of benzene rings is 1. The van der Waals surface area contributed by atoms with Gasteiger partial charge in [-0.05, 0) is 99.3 Å². The van der Waals surface area contributed by atoms with Crippen LogP contribution in [-0.2, 0) is 27.2 Å². The highest BCUT2D eigenvalue weighted by Crippen LogP contribution is 2.39. The fourth-order valence-corrected chi connectivity index (χ4v) is 6.80. The number of fused-ring (bicyclic) bond motifs is 1. The minimum Gasteiger partial charge on any atom is -0.465 e. The molecular formula is C27H24ClN3O4S2. The summed E-state index contributed by atoms with van der Waals surface area (Å²) < 4.78 is 7.16. The van der Waals surface area contributed by atoms with Crippen molar-refractivity contribution < 1.29 is 19.1 Å². The number of hydrogen-bond donors (Lipinski definition) is 1. The molecule has 1 N–H and O–H groups in total. The van der Waals surface area contributed by atoms with E-state index >= 15 is 0 Å². The molecule has 190 valence electrons. The lowest BCUT2D eigenvalue weighted by atomic mass is 9.95. The van der Waals surface area contributed by atoms with Crippen LogP contribution in [0, 0.1) is 13.8 Å². The van der Waals surface area contributed by atoms with E-state index in [2.05, 4.69) is 5.32 Å². The number of anilines is 1. The molecule has 1 aromatic carbocycles. The second-order valence-electron chi connectivity index (χ2n) is 8.98. The maximum absolute atomic E-state index is 13.4. The number of thiocarbonyl (C=S) groups is 1. The fourth-order valence-electron chi connectivity index (χ4n) is 4.91. The van der Waals surface area contributed by atoms with Crippen molar-refractivity contribution in [1.29, 1.82) is 0 Å². The van der Waals surface area contributed by atoms with E-state index in [0.29, 0.717) is 21.8 Å². The van der Waals surface area contributed by atoms with Crippen LogP contribution in [0.1, 0.15) is 50.6 Å². The van der Waals surface area contributed by atoms with Crippen LogP contribution in [0.4, 0.5) is 5.69 Å². The third-order valence-corrected chi connectivity index (χ3v) is 8.52. The lowest BCUT2D eigenvalue weighted by molar-refractivity contribution is -0.122. The van der Waals surface area contributed by atoms with Crippen molar-refractivity contribution >= 4 is 69.8 Å². The summed E-state index contributed by atoms with van der Waals surface area (Å²) in [6.07, 6.45) is 5.50. The molecule has 0 bridgehead atoms. The number of hydrogen-bond acceptors (Lipinski definition) is 6. The van der Waals surface area contributed by atoms with E-state index in [1.54, 1.807) is 41.7 Å². The van der Waals surface area contributed by atoms with Crippen molar-refractivity contribution in [3.05, 3.63) is 73.9 Å². The zero-order valence-electron chi connectivity index (χ0n) is 20.5. The maximum atomic E-state index is 13.4. The zero-order chi connectivity index (χ0) is 26.4. The first-order chi connectivity index (χ1) is 17.7. The van der Waals surface area contributed by atoms with Crippen molar-refractivity contribution in [2.45, 2.75) is 39.5 Å². The van der Waals surface area contributed by atoms with Crippen LogP contribution in [0.25, 0.3) is 11.1 Å². The molecule has 3 aromatic rings. The molecule has 7 nitrogen and oxygen atoms in total. The van der Waals surface area contributed by atoms with E-state index in [-0.39, 0.29) is 16.7 Å². The van der Waals surface area contributed by atoms with Gasteiger partial charge in [0.1, 0.15) is 10.6 Å². The van der Waals surface area contributed by atoms with Crippen LogP contribution >= 0.6 is 35.2 Å². The second kappa shape index (κ2) is 9.89. The number of carbonyl (C=O) groups excluding carboxylic acids is 3. The van der Waals surface area contributed by atoms with Crippen molar-refractivity contribution in [3.63, 3.8) is 0 Å². The number of aromatic nitrogens is 1. The quantitative estimate of drug-likeness (QED) is 0.205. The summed E-state index contributed by atoms with van der Waals surface area (Å²) in [5.41, 5.74) is 4.52. The van der Waals surface area contributed by atoms with Crippen LogP contribution < -0.4 is 10.2 Å². The lowest BCUT2D eigenvalue weighted by Crippen LogP contribution is -2.54. The third-order valence-electron chi connectivity index (χ3n) is 6.70. The predicted molar refractivity (Wildman–Crippen MR) is 149 cm³/mol. The summed E-state index contributed by atoms with van der Waals surface area (Å²) in [5.74, 6) is -1.44. The summed E-state index contributed by atoms with van der Waals surface area (Å²) in [6.45, 7) is 3.85. The van der Waals surface area contributed by atoms with Gasteiger partial charge in [-0.15, -0.1) is 11.3 Å². The SMILES string of the molecule is COC(=O)c1c(-n2c(C)cc(/C=C3\C(=O)NC(=S)N(c4ccc(Cl)cc4)C3=O)c2C)sc2c1CCCC2. The lowest BCUT2D eigenvalue weighted by Gasteiger charge is -2.28. The summed E-state index contributed by atoms with van der Waals surface area (Å²) in [6, 6.07) is 8.54. The van der Waals surface area contributed by atoms with E-state index < -0.39 is 11.8 Å². The van der Waals surface area contributed by atoms with Crippen molar-refractivity contribution in [2.24, 2.45) is 0 Å². The number of thiophene rings is 1. The number of halogens is 1. The van der Waals surface area contributed by atoms with Crippen LogP contribution in [-0.4, -0.2) is 34.6 Å². The Morgan fingerprint density at radius 2 is 1.86 bits per heavy atom. The number of rotatable bonds is 4. The molecule has 1 fully saturated rings. The van der Waals surface area contributed by atoms with Crippen molar-refractivity contribution in [2.75, 3.05) is 12.0 Å². The average Bonchev–Trinajstić information content (AvgIpc) is 3.38. The van der Waals surface area contributed by atoms with Crippen LogP contribution in [0.3, 0.4) is 0 Å². The number of nitrogens with zero attached hydrogens (tertiary/aromatic N) is 2. The molecule has 1 aliphatic heterocycles. The number of nitrogens with one attached hydrogen (secondary N) is 1. The van der Waals surface area contributed by atoms with Crippen LogP contribution in [0.2, 0.25) is 5.02 Å². The number of amides is 2. The Balaban J connectivity index is 1.59. The second-order valence-corrected chi connectivity index (χ2v) is 10.9. The Bertz CT molecular complexity index is 1500. The Labute approximate surface area is 228 Å². The summed E-state index contributed by atoms with van der Waals surface area (Å²) in [4.78, 5) is 41.6. The molecule has 2 aliphatic rings. The monoisotopic (exact) mass is 553 g/mol. The topological polar surface area (TPSA) is 80.6 Å². The summed E-state index contributed by atoms with van der Waals surface area (Å²) in [5, 5.41) is 3.95. The summed E-state index contributed by atoms with van der Waals surface area (Å²) in [7, 11) is 1.40. The molecule has 5 rings (SSSR count). The molecule has 0 saturated carbocycles. The van der Waals surface area contributed by atoms with Gasteiger partial charge in [0, 0.05) is 21.3 Å². The number of aryl methyl sites for hydroxylation is 2. The number of methoxy groups -OCH3 is 1. The Morgan fingerprint density at radius 3 is 2.57 bits per heavy atom. The van der Waals surface area contributed by atoms with E-state index in [9.17, 15) is 14.4 Å². The first-order valence-electron chi connectivity index (χ1n) is 11.8. The van der Waals surface area contributed by atoms with Gasteiger partial charge >= 0.3 is 5.97 Å². The van der Waals surface area contributed by atoms with Crippen LogP contribution in [0.15, 0.2) is 35.9 Å². The third kappa shape index (κ3) is 4.41. The molecule has 0 radical (unpaired) electrons. The van der Waals surface area contributed by atoms with Crippen molar-refractivity contribution in [1.82, 2.24) is 9.88 Å². The van der Waals surface area contributed by atoms with Gasteiger partial charge < -0.3 is 9.30 Å². The largest absolute Gasteiger partial charge is 0.465 e. The first-order valence-corrected chi connectivity index (χ1v) is 13.4. The molecule has 0 atom stereocenters. The minimum atomic E-state index is -0.563. The molecule has 10 heteroatoms. The Kier molecular flexibility index (Phi) is 6.78. The maximum Gasteiger partial charge on any atom is 0.341 e. The van der Waals surface area contributed by atoms with Gasteiger partial charge in [0.25, 0.3) is 11.8 Å². The van der Waals surface area contributed by atoms with Gasteiger partial charge in [-0.3, -0.25) is 19.8 Å². The molecule has 2 aromatic heterocycles. The Hall–Kier alpha value is -3.27. The van der Waals surface area contributed by atoms with Gasteiger partial charge in [-0.25, -0.2) is 4.79 Å².